The summed E-state index contributed by atoms with van der Waals surface area (Å²) in [5, 5.41) is 2.69. The van der Waals surface area contributed by atoms with Crippen molar-refractivity contribution in [3.8, 4) is 0 Å². The van der Waals surface area contributed by atoms with Crippen molar-refractivity contribution in [2.45, 2.75) is 6.92 Å². The SMILES string of the molecule is CCN(c1ccccc1)c1cc(C(=O)Nc2ccc(F)cc2)ncn1. The molecule has 1 amide bonds. The second-order valence-electron chi connectivity index (χ2n) is 5.30. The van der Waals surface area contributed by atoms with Gasteiger partial charge in [0.05, 0.1) is 0 Å². The number of anilines is 3. The molecule has 3 rings (SSSR count). The highest BCUT2D eigenvalue weighted by atomic mass is 19.1. The number of carbonyl (C=O) groups is 1. The maximum absolute atomic E-state index is 13.0. The zero-order chi connectivity index (χ0) is 17.6. The lowest BCUT2D eigenvalue weighted by Crippen LogP contribution is -2.20. The molecule has 0 unspecified atom stereocenters. The average molecular weight is 336 g/mol. The molecule has 0 aliphatic heterocycles. The predicted octanol–water partition coefficient (Wildman–Crippen LogP) is 4.03. The van der Waals surface area contributed by atoms with Gasteiger partial charge in [0.2, 0.25) is 0 Å². The molecule has 0 aliphatic carbocycles. The van der Waals surface area contributed by atoms with Crippen LogP contribution in [-0.2, 0) is 0 Å². The first-order valence-corrected chi connectivity index (χ1v) is 7.89. The zero-order valence-corrected chi connectivity index (χ0v) is 13.7. The lowest BCUT2D eigenvalue weighted by Gasteiger charge is -2.22. The Morgan fingerprint density at radius 2 is 1.80 bits per heavy atom. The number of hydrogen-bond donors (Lipinski definition) is 1. The lowest BCUT2D eigenvalue weighted by atomic mass is 10.2. The molecular formula is C19H17FN4O. The third kappa shape index (κ3) is 3.98. The van der Waals surface area contributed by atoms with Crippen LogP contribution in [0.25, 0.3) is 0 Å². The molecule has 6 heteroatoms. The van der Waals surface area contributed by atoms with E-state index >= 15 is 0 Å². The number of amides is 1. The Kier molecular flexibility index (Phi) is 4.99. The molecule has 5 nitrogen and oxygen atoms in total. The van der Waals surface area contributed by atoms with Gasteiger partial charge in [-0.25, -0.2) is 14.4 Å². The van der Waals surface area contributed by atoms with Gasteiger partial charge in [-0.15, -0.1) is 0 Å². The molecule has 2 aromatic carbocycles. The van der Waals surface area contributed by atoms with Crippen LogP contribution in [0.4, 0.5) is 21.6 Å². The fraction of sp³-hybridized carbons (Fsp3) is 0.105. The maximum Gasteiger partial charge on any atom is 0.274 e. The van der Waals surface area contributed by atoms with Crippen LogP contribution in [0.15, 0.2) is 67.0 Å². The van der Waals surface area contributed by atoms with E-state index in [1.165, 1.54) is 30.6 Å². The molecule has 1 aromatic heterocycles. The summed E-state index contributed by atoms with van der Waals surface area (Å²) in [6.45, 7) is 2.70. The Morgan fingerprint density at radius 1 is 1.08 bits per heavy atom. The zero-order valence-electron chi connectivity index (χ0n) is 13.7. The van der Waals surface area contributed by atoms with E-state index in [-0.39, 0.29) is 17.4 Å². The number of hydrogen-bond acceptors (Lipinski definition) is 4. The van der Waals surface area contributed by atoms with E-state index < -0.39 is 0 Å². The first kappa shape index (κ1) is 16.6. The van der Waals surface area contributed by atoms with Crippen LogP contribution in [0.2, 0.25) is 0 Å². The number of aromatic nitrogens is 2. The summed E-state index contributed by atoms with van der Waals surface area (Å²) in [4.78, 5) is 22.7. The van der Waals surface area contributed by atoms with E-state index in [0.29, 0.717) is 18.1 Å². The smallest absolute Gasteiger partial charge is 0.274 e. The van der Waals surface area contributed by atoms with Crippen LogP contribution in [0.5, 0.6) is 0 Å². The third-order valence-electron chi connectivity index (χ3n) is 3.65. The standard InChI is InChI=1S/C19H17FN4O/c1-2-24(16-6-4-3-5-7-16)18-12-17(21-13-22-18)19(25)23-15-10-8-14(20)9-11-15/h3-13H,2H2,1H3,(H,23,25). The molecule has 0 atom stereocenters. The number of para-hydroxylation sites is 1. The van der Waals surface area contributed by atoms with Gasteiger partial charge in [0, 0.05) is 24.0 Å². The summed E-state index contributed by atoms with van der Waals surface area (Å²) >= 11 is 0. The summed E-state index contributed by atoms with van der Waals surface area (Å²) in [5.74, 6) is -0.101. The van der Waals surface area contributed by atoms with E-state index in [0.717, 1.165) is 5.69 Å². The highest BCUT2D eigenvalue weighted by Crippen LogP contribution is 2.23. The van der Waals surface area contributed by atoms with Crippen LogP contribution < -0.4 is 10.2 Å². The molecular weight excluding hydrogens is 319 g/mol. The summed E-state index contributed by atoms with van der Waals surface area (Å²) in [6, 6.07) is 17.0. The Bertz CT molecular complexity index is 853. The van der Waals surface area contributed by atoms with Crippen LogP contribution in [0.3, 0.4) is 0 Å². The highest BCUT2D eigenvalue weighted by Gasteiger charge is 2.13. The van der Waals surface area contributed by atoms with Gasteiger partial charge in [-0.2, -0.15) is 0 Å². The molecule has 0 spiro atoms. The van der Waals surface area contributed by atoms with Crippen molar-refractivity contribution in [2.75, 3.05) is 16.8 Å². The topological polar surface area (TPSA) is 58.1 Å². The molecule has 3 aromatic rings. The van der Waals surface area contributed by atoms with Gasteiger partial charge < -0.3 is 10.2 Å². The van der Waals surface area contributed by atoms with Gasteiger partial charge in [-0.05, 0) is 43.3 Å². The maximum atomic E-state index is 13.0. The van der Waals surface area contributed by atoms with Crippen molar-refractivity contribution >= 4 is 23.1 Å². The Balaban J connectivity index is 1.83. The fourth-order valence-corrected chi connectivity index (χ4v) is 2.43. The van der Waals surface area contributed by atoms with Gasteiger partial charge in [-0.3, -0.25) is 4.79 Å². The molecule has 0 bridgehead atoms. The third-order valence-corrected chi connectivity index (χ3v) is 3.65. The van der Waals surface area contributed by atoms with Crippen molar-refractivity contribution in [3.05, 3.63) is 78.5 Å². The van der Waals surface area contributed by atoms with Gasteiger partial charge in [0.1, 0.15) is 23.7 Å². The number of nitrogens with zero attached hydrogens (tertiary/aromatic N) is 3. The van der Waals surface area contributed by atoms with Crippen LogP contribution >= 0.6 is 0 Å². The molecule has 25 heavy (non-hydrogen) atoms. The van der Waals surface area contributed by atoms with Crippen molar-refractivity contribution in [2.24, 2.45) is 0 Å². The largest absolute Gasteiger partial charge is 0.327 e. The summed E-state index contributed by atoms with van der Waals surface area (Å²) in [5.41, 5.74) is 1.72. The van der Waals surface area contributed by atoms with Crippen LogP contribution in [0, 0.1) is 5.82 Å². The van der Waals surface area contributed by atoms with E-state index in [4.69, 9.17) is 0 Å². The van der Waals surface area contributed by atoms with Crippen molar-refractivity contribution in [3.63, 3.8) is 0 Å². The summed E-state index contributed by atoms with van der Waals surface area (Å²) in [7, 11) is 0. The van der Waals surface area contributed by atoms with E-state index in [9.17, 15) is 9.18 Å². The molecule has 0 aliphatic rings. The highest BCUT2D eigenvalue weighted by molar-refractivity contribution is 6.03. The Labute approximate surface area is 145 Å². The molecule has 0 fully saturated rings. The normalized spacial score (nSPS) is 10.3. The predicted molar refractivity (Wildman–Crippen MR) is 95.5 cm³/mol. The number of rotatable bonds is 5. The van der Waals surface area contributed by atoms with Crippen LogP contribution in [-0.4, -0.2) is 22.4 Å². The number of benzene rings is 2. The molecule has 1 N–H and O–H groups in total. The summed E-state index contributed by atoms with van der Waals surface area (Å²) < 4.78 is 13.0. The fourth-order valence-electron chi connectivity index (χ4n) is 2.43. The Hall–Kier alpha value is -3.28. The van der Waals surface area contributed by atoms with E-state index in [1.807, 2.05) is 42.2 Å². The Morgan fingerprint density at radius 3 is 2.48 bits per heavy atom. The first-order valence-electron chi connectivity index (χ1n) is 7.89. The number of nitrogens with one attached hydrogen (secondary N) is 1. The molecule has 1 heterocycles. The monoisotopic (exact) mass is 336 g/mol. The van der Waals surface area contributed by atoms with Crippen molar-refractivity contribution < 1.29 is 9.18 Å². The van der Waals surface area contributed by atoms with Gasteiger partial charge in [-0.1, -0.05) is 18.2 Å². The molecule has 0 radical (unpaired) electrons. The van der Waals surface area contributed by atoms with Gasteiger partial charge >= 0.3 is 0 Å². The minimum atomic E-state index is -0.376. The van der Waals surface area contributed by atoms with E-state index in [1.54, 1.807) is 6.07 Å². The lowest BCUT2D eigenvalue weighted by molar-refractivity contribution is 0.102. The van der Waals surface area contributed by atoms with Crippen molar-refractivity contribution in [1.82, 2.24) is 9.97 Å². The quantitative estimate of drug-likeness (QED) is 0.764. The van der Waals surface area contributed by atoms with Crippen molar-refractivity contribution in [1.29, 1.82) is 0 Å². The number of carbonyl (C=O) groups excluding carboxylic acids is 1. The molecule has 0 saturated carbocycles. The minimum absolute atomic E-state index is 0.240. The number of halogens is 1. The minimum Gasteiger partial charge on any atom is -0.327 e. The van der Waals surface area contributed by atoms with Crippen LogP contribution in [0.1, 0.15) is 17.4 Å². The van der Waals surface area contributed by atoms with Gasteiger partial charge in [0.25, 0.3) is 5.91 Å². The second-order valence-corrected chi connectivity index (χ2v) is 5.30. The van der Waals surface area contributed by atoms with E-state index in [2.05, 4.69) is 15.3 Å². The average Bonchev–Trinajstić information content (AvgIpc) is 2.65. The second kappa shape index (κ2) is 7.53. The summed E-state index contributed by atoms with van der Waals surface area (Å²) in [6.07, 6.45) is 1.36. The van der Waals surface area contributed by atoms with Gasteiger partial charge in [0.15, 0.2) is 0 Å². The first-order chi connectivity index (χ1) is 12.2. The molecule has 0 saturated heterocycles. The molecule has 126 valence electrons.